The smallest absolute Gasteiger partial charge is 0.313 e. The highest BCUT2D eigenvalue weighted by Gasteiger charge is 2.14. The molecule has 5 nitrogen and oxygen atoms in total. The Kier molecular flexibility index (Phi) is 6.89. The van der Waals surface area contributed by atoms with Gasteiger partial charge in [0.05, 0.1) is 0 Å². The number of benzene rings is 2. The minimum absolute atomic E-state index is 0.303. The van der Waals surface area contributed by atoms with E-state index >= 15 is 0 Å². The Morgan fingerprint density at radius 3 is 2.56 bits per heavy atom. The van der Waals surface area contributed by atoms with Crippen molar-refractivity contribution in [3.8, 4) is 0 Å². The van der Waals surface area contributed by atoms with Gasteiger partial charge in [0, 0.05) is 36.4 Å². The van der Waals surface area contributed by atoms with Gasteiger partial charge in [-0.1, -0.05) is 24.3 Å². The van der Waals surface area contributed by atoms with Crippen molar-refractivity contribution in [2.75, 3.05) is 30.1 Å². The predicted molar refractivity (Wildman–Crippen MR) is 104 cm³/mol. The number of thioether (sulfide) groups is 1. The highest BCUT2D eigenvalue weighted by Crippen LogP contribution is 2.20. The van der Waals surface area contributed by atoms with E-state index in [2.05, 4.69) is 22.5 Å². The fraction of sp³-hybridized carbons (Fsp3) is 0.263. The molecule has 2 aromatic rings. The van der Waals surface area contributed by atoms with Crippen molar-refractivity contribution in [3.05, 3.63) is 54.1 Å². The molecule has 132 valence electrons. The highest BCUT2D eigenvalue weighted by molar-refractivity contribution is 7.98. The molecule has 0 heterocycles. The maximum absolute atomic E-state index is 12.1. The summed E-state index contributed by atoms with van der Waals surface area (Å²) in [5.74, 6) is -1.32. The quantitative estimate of drug-likeness (QED) is 0.616. The fourth-order valence-electron chi connectivity index (χ4n) is 2.35. The van der Waals surface area contributed by atoms with Crippen LogP contribution in [-0.2, 0) is 16.1 Å². The second-order valence-corrected chi connectivity index (χ2v) is 6.39. The van der Waals surface area contributed by atoms with Crippen LogP contribution in [0, 0.1) is 0 Å². The standard InChI is InChI=1S/C19H23N3O2S/c1-4-22(2)17-11-6-5-8-14(17)13-20-18(23)19(24)21-15-9-7-10-16(12-15)25-3/h5-12H,4,13H2,1-3H3,(H,20,23)(H,21,24). The van der Waals surface area contributed by atoms with E-state index in [1.54, 1.807) is 17.8 Å². The fourth-order valence-corrected chi connectivity index (χ4v) is 2.81. The van der Waals surface area contributed by atoms with Crippen molar-refractivity contribution >= 4 is 35.0 Å². The lowest BCUT2D eigenvalue weighted by atomic mass is 10.1. The van der Waals surface area contributed by atoms with Crippen LogP contribution in [-0.4, -0.2) is 31.7 Å². The third-order valence-corrected chi connectivity index (χ3v) is 4.58. The summed E-state index contributed by atoms with van der Waals surface area (Å²) in [5.41, 5.74) is 2.62. The largest absolute Gasteiger partial charge is 0.375 e. The van der Waals surface area contributed by atoms with Gasteiger partial charge in [0.2, 0.25) is 0 Å². The first-order valence-corrected chi connectivity index (χ1v) is 9.30. The molecule has 0 unspecified atom stereocenters. The second kappa shape index (κ2) is 9.13. The molecule has 0 saturated heterocycles. The Balaban J connectivity index is 1.97. The van der Waals surface area contributed by atoms with Crippen molar-refractivity contribution in [2.45, 2.75) is 18.4 Å². The van der Waals surface area contributed by atoms with Crippen LogP contribution in [0.2, 0.25) is 0 Å². The molecule has 25 heavy (non-hydrogen) atoms. The third-order valence-electron chi connectivity index (χ3n) is 3.85. The number of anilines is 2. The molecule has 6 heteroatoms. The summed E-state index contributed by atoms with van der Waals surface area (Å²) in [6.45, 7) is 3.22. The summed E-state index contributed by atoms with van der Waals surface area (Å²) < 4.78 is 0. The molecular formula is C19H23N3O2S. The lowest BCUT2D eigenvalue weighted by Gasteiger charge is -2.20. The molecule has 0 aliphatic carbocycles. The van der Waals surface area contributed by atoms with Crippen molar-refractivity contribution in [2.24, 2.45) is 0 Å². The summed E-state index contributed by atoms with van der Waals surface area (Å²) >= 11 is 1.58. The van der Waals surface area contributed by atoms with Gasteiger partial charge in [-0.05, 0) is 43.0 Å². The van der Waals surface area contributed by atoms with Crippen LogP contribution in [0.15, 0.2) is 53.4 Å². The first-order valence-electron chi connectivity index (χ1n) is 8.07. The summed E-state index contributed by atoms with van der Waals surface area (Å²) in [6.07, 6.45) is 1.96. The maximum atomic E-state index is 12.1. The summed E-state index contributed by atoms with van der Waals surface area (Å²) in [6, 6.07) is 15.2. The number of carbonyl (C=O) groups is 2. The number of nitrogens with zero attached hydrogens (tertiary/aromatic N) is 1. The van der Waals surface area contributed by atoms with E-state index < -0.39 is 11.8 Å². The monoisotopic (exact) mass is 357 g/mol. The van der Waals surface area contributed by atoms with Crippen molar-refractivity contribution in [3.63, 3.8) is 0 Å². The number of carbonyl (C=O) groups excluding carboxylic acids is 2. The molecule has 0 fully saturated rings. The maximum Gasteiger partial charge on any atom is 0.313 e. The van der Waals surface area contributed by atoms with Crippen LogP contribution in [0.3, 0.4) is 0 Å². The zero-order valence-corrected chi connectivity index (χ0v) is 15.5. The van der Waals surface area contributed by atoms with E-state index in [-0.39, 0.29) is 0 Å². The third kappa shape index (κ3) is 5.26. The van der Waals surface area contributed by atoms with E-state index in [0.717, 1.165) is 22.7 Å². The number of nitrogens with one attached hydrogen (secondary N) is 2. The molecule has 0 aliphatic heterocycles. The van der Waals surface area contributed by atoms with E-state index in [9.17, 15) is 9.59 Å². The Bertz CT molecular complexity index is 749. The molecule has 0 radical (unpaired) electrons. The van der Waals surface area contributed by atoms with Gasteiger partial charge in [-0.3, -0.25) is 9.59 Å². The lowest BCUT2D eigenvalue weighted by molar-refractivity contribution is -0.136. The molecule has 2 rings (SSSR count). The molecule has 2 N–H and O–H groups in total. The summed E-state index contributed by atoms with van der Waals surface area (Å²) in [7, 11) is 1.99. The molecule has 0 aliphatic rings. The second-order valence-electron chi connectivity index (χ2n) is 5.51. The van der Waals surface area contributed by atoms with Crippen molar-refractivity contribution < 1.29 is 9.59 Å². The lowest BCUT2D eigenvalue weighted by Crippen LogP contribution is -2.35. The first kappa shape index (κ1) is 18.9. The van der Waals surface area contributed by atoms with Gasteiger partial charge in [-0.15, -0.1) is 11.8 Å². The van der Waals surface area contributed by atoms with E-state index in [1.165, 1.54) is 0 Å². The molecule has 2 aromatic carbocycles. The van der Waals surface area contributed by atoms with Gasteiger partial charge in [0.15, 0.2) is 0 Å². The number of hydrogen-bond donors (Lipinski definition) is 2. The molecule has 2 amide bonds. The average molecular weight is 357 g/mol. The summed E-state index contributed by atoms with van der Waals surface area (Å²) in [4.78, 5) is 27.3. The normalized spacial score (nSPS) is 10.2. The molecule has 0 aromatic heterocycles. The number of rotatable bonds is 6. The van der Waals surface area contributed by atoms with Crippen LogP contribution in [0.4, 0.5) is 11.4 Å². The van der Waals surface area contributed by atoms with Gasteiger partial charge < -0.3 is 15.5 Å². The van der Waals surface area contributed by atoms with Crippen molar-refractivity contribution in [1.29, 1.82) is 0 Å². The Labute approximate surface area is 152 Å². The topological polar surface area (TPSA) is 61.4 Å². The van der Waals surface area contributed by atoms with Gasteiger partial charge in [0.25, 0.3) is 0 Å². The number of amides is 2. The number of para-hydroxylation sites is 1. The van der Waals surface area contributed by atoms with Crippen LogP contribution in [0.25, 0.3) is 0 Å². The zero-order valence-electron chi connectivity index (χ0n) is 14.7. The zero-order chi connectivity index (χ0) is 18.2. The van der Waals surface area contributed by atoms with Crippen molar-refractivity contribution in [1.82, 2.24) is 5.32 Å². The van der Waals surface area contributed by atoms with Gasteiger partial charge in [-0.2, -0.15) is 0 Å². The van der Waals surface area contributed by atoms with Crippen LogP contribution in [0.5, 0.6) is 0 Å². The Morgan fingerprint density at radius 2 is 1.84 bits per heavy atom. The molecule has 0 spiro atoms. The van der Waals surface area contributed by atoms with Crippen LogP contribution in [0.1, 0.15) is 12.5 Å². The molecule has 0 atom stereocenters. The molecule has 0 saturated carbocycles. The van der Waals surface area contributed by atoms with Gasteiger partial charge in [0.1, 0.15) is 0 Å². The van der Waals surface area contributed by atoms with E-state index in [0.29, 0.717) is 12.2 Å². The minimum atomic E-state index is -0.667. The van der Waals surface area contributed by atoms with Gasteiger partial charge >= 0.3 is 11.8 Å². The highest BCUT2D eigenvalue weighted by atomic mass is 32.2. The van der Waals surface area contributed by atoms with Crippen LogP contribution < -0.4 is 15.5 Å². The number of hydrogen-bond acceptors (Lipinski definition) is 4. The minimum Gasteiger partial charge on any atom is -0.375 e. The predicted octanol–water partition coefficient (Wildman–Crippen LogP) is 3.12. The first-order chi connectivity index (χ1) is 12.0. The summed E-state index contributed by atoms with van der Waals surface area (Å²) in [5, 5.41) is 5.31. The Morgan fingerprint density at radius 1 is 1.08 bits per heavy atom. The van der Waals surface area contributed by atoms with E-state index in [1.807, 2.05) is 55.8 Å². The average Bonchev–Trinajstić information content (AvgIpc) is 2.65. The van der Waals surface area contributed by atoms with Crippen LogP contribution >= 0.6 is 11.8 Å². The molecule has 0 bridgehead atoms. The molecular weight excluding hydrogens is 334 g/mol. The van der Waals surface area contributed by atoms with E-state index in [4.69, 9.17) is 0 Å². The SMILES string of the molecule is CCN(C)c1ccccc1CNC(=O)C(=O)Nc1cccc(SC)c1. The van der Waals surface area contributed by atoms with Gasteiger partial charge in [-0.25, -0.2) is 0 Å². The Hall–Kier alpha value is -2.47.